The van der Waals surface area contributed by atoms with Crippen molar-refractivity contribution in [1.29, 1.82) is 10.5 Å². The number of rotatable bonds is 4. The summed E-state index contributed by atoms with van der Waals surface area (Å²) < 4.78 is 28.4. The molecule has 1 amide bonds. The molecular formula is C19H12F2N6O3. The lowest BCUT2D eigenvalue weighted by Gasteiger charge is -2.15. The highest BCUT2D eigenvalue weighted by molar-refractivity contribution is 5.84. The van der Waals surface area contributed by atoms with Crippen molar-refractivity contribution >= 4 is 16.8 Å². The molecule has 0 unspecified atom stereocenters. The van der Waals surface area contributed by atoms with Crippen molar-refractivity contribution in [3.8, 4) is 12.1 Å². The number of halogens is 2. The van der Waals surface area contributed by atoms with Crippen LogP contribution < -0.4 is 16.6 Å². The van der Waals surface area contributed by atoms with E-state index < -0.39 is 46.9 Å². The van der Waals surface area contributed by atoms with Gasteiger partial charge in [0, 0.05) is 6.20 Å². The maximum absolute atomic E-state index is 14.0. The molecule has 2 heterocycles. The van der Waals surface area contributed by atoms with Crippen LogP contribution in [0.4, 0.5) is 8.78 Å². The summed E-state index contributed by atoms with van der Waals surface area (Å²) in [5.74, 6) is -2.58. The van der Waals surface area contributed by atoms with Crippen LogP contribution >= 0.6 is 0 Å². The summed E-state index contributed by atoms with van der Waals surface area (Å²) in [5.41, 5.74) is -2.69. The van der Waals surface area contributed by atoms with E-state index in [1.54, 1.807) is 12.1 Å². The van der Waals surface area contributed by atoms with Gasteiger partial charge in [-0.2, -0.15) is 10.5 Å². The summed E-state index contributed by atoms with van der Waals surface area (Å²) in [6, 6.07) is 5.40. The van der Waals surface area contributed by atoms with Crippen molar-refractivity contribution in [2.24, 2.45) is 0 Å². The lowest BCUT2D eigenvalue weighted by molar-refractivity contribution is -0.122. The number of nitriles is 2. The third kappa shape index (κ3) is 3.64. The molecule has 0 saturated carbocycles. The standard InChI is InChI=1S/C19H12F2N6O3/c1-9(17-13(21)4-10(5-22)7-24-17)25-15(28)8-27-18(29)16-11(6-23)12(20)2-3-14(16)26-19(27)30/h2-4,7,9H,8H2,1H3,(H,25,28)(H,26,30)/t9-/m0/s1. The molecule has 2 N–H and O–H groups in total. The minimum atomic E-state index is -1.02. The molecule has 0 spiro atoms. The molecule has 1 aromatic carbocycles. The van der Waals surface area contributed by atoms with E-state index in [0.29, 0.717) is 4.57 Å². The third-order valence-corrected chi connectivity index (χ3v) is 4.30. The van der Waals surface area contributed by atoms with Crippen molar-refractivity contribution < 1.29 is 13.6 Å². The highest BCUT2D eigenvalue weighted by Crippen LogP contribution is 2.16. The van der Waals surface area contributed by atoms with Gasteiger partial charge in [0.15, 0.2) is 0 Å². The van der Waals surface area contributed by atoms with E-state index in [4.69, 9.17) is 10.5 Å². The quantitative estimate of drug-likeness (QED) is 0.656. The van der Waals surface area contributed by atoms with Crippen molar-refractivity contribution in [2.45, 2.75) is 19.5 Å². The van der Waals surface area contributed by atoms with Crippen LogP contribution in [0.2, 0.25) is 0 Å². The monoisotopic (exact) mass is 410 g/mol. The Hall–Kier alpha value is -4.38. The van der Waals surface area contributed by atoms with Gasteiger partial charge < -0.3 is 10.3 Å². The number of carbonyl (C=O) groups excluding carboxylic acids is 1. The van der Waals surface area contributed by atoms with Crippen LogP contribution in [0.1, 0.15) is 29.8 Å². The lowest BCUT2D eigenvalue weighted by Crippen LogP contribution is -2.41. The van der Waals surface area contributed by atoms with E-state index in [1.165, 1.54) is 6.92 Å². The molecular weight excluding hydrogens is 398 g/mol. The molecule has 3 rings (SSSR count). The molecule has 30 heavy (non-hydrogen) atoms. The minimum absolute atomic E-state index is 0.00422. The highest BCUT2D eigenvalue weighted by Gasteiger charge is 2.19. The van der Waals surface area contributed by atoms with Crippen molar-refractivity contribution in [2.75, 3.05) is 0 Å². The van der Waals surface area contributed by atoms with Crippen LogP contribution in [0, 0.1) is 34.3 Å². The number of H-pyrrole nitrogens is 1. The maximum atomic E-state index is 14.0. The Balaban J connectivity index is 1.92. The van der Waals surface area contributed by atoms with Gasteiger partial charge in [-0.05, 0) is 25.1 Å². The van der Waals surface area contributed by atoms with Gasteiger partial charge in [0.1, 0.15) is 35.9 Å². The number of hydrogen-bond donors (Lipinski definition) is 2. The molecule has 1 atom stereocenters. The maximum Gasteiger partial charge on any atom is 0.329 e. The predicted molar refractivity (Wildman–Crippen MR) is 99.0 cm³/mol. The molecule has 11 heteroatoms. The Labute approximate surface area is 166 Å². The molecule has 9 nitrogen and oxygen atoms in total. The molecule has 0 bridgehead atoms. The number of fused-ring (bicyclic) bond motifs is 1. The summed E-state index contributed by atoms with van der Waals surface area (Å²) in [4.78, 5) is 43.3. The van der Waals surface area contributed by atoms with Crippen LogP contribution in [0.5, 0.6) is 0 Å². The summed E-state index contributed by atoms with van der Waals surface area (Å²) in [6.45, 7) is 0.666. The number of carbonyl (C=O) groups is 1. The second-order valence-electron chi connectivity index (χ2n) is 6.27. The van der Waals surface area contributed by atoms with Crippen molar-refractivity contribution in [1.82, 2.24) is 19.9 Å². The first kappa shape index (κ1) is 20.4. The Bertz CT molecular complexity index is 1380. The Morgan fingerprint density at radius 2 is 2.00 bits per heavy atom. The fraction of sp³-hybridized carbons (Fsp3) is 0.158. The van der Waals surface area contributed by atoms with E-state index in [0.717, 1.165) is 24.4 Å². The topological polar surface area (TPSA) is 144 Å². The number of amides is 1. The second-order valence-corrected chi connectivity index (χ2v) is 6.27. The summed E-state index contributed by atoms with van der Waals surface area (Å²) in [7, 11) is 0. The molecule has 3 aromatic rings. The first-order chi connectivity index (χ1) is 14.3. The van der Waals surface area contributed by atoms with Crippen LogP contribution in [-0.4, -0.2) is 20.4 Å². The Morgan fingerprint density at radius 1 is 1.27 bits per heavy atom. The minimum Gasteiger partial charge on any atom is -0.346 e. The van der Waals surface area contributed by atoms with Gasteiger partial charge in [-0.1, -0.05) is 0 Å². The largest absolute Gasteiger partial charge is 0.346 e. The molecule has 0 saturated heterocycles. The Kier molecular flexibility index (Phi) is 5.38. The fourth-order valence-corrected chi connectivity index (χ4v) is 2.89. The lowest BCUT2D eigenvalue weighted by atomic mass is 10.1. The smallest absolute Gasteiger partial charge is 0.329 e. The molecule has 0 fully saturated rings. The number of hydrogen-bond acceptors (Lipinski definition) is 6. The molecule has 2 aromatic heterocycles. The number of benzene rings is 1. The second kappa shape index (κ2) is 7.93. The third-order valence-electron chi connectivity index (χ3n) is 4.30. The van der Waals surface area contributed by atoms with Crippen molar-refractivity contribution in [3.63, 3.8) is 0 Å². The fourth-order valence-electron chi connectivity index (χ4n) is 2.89. The van der Waals surface area contributed by atoms with Crippen LogP contribution in [-0.2, 0) is 11.3 Å². The zero-order valence-corrected chi connectivity index (χ0v) is 15.4. The molecule has 0 radical (unpaired) electrons. The highest BCUT2D eigenvalue weighted by atomic mass is 19.1. The zero-order valence-electron chi connectivity index (χ0n) is 15.4. The van der Waals surface area contributed by atoms with Gasteiger partial charge in [0.2, 0.25) is 5.91 Å². The van der Waals surface area contributed by atoms with E-state index in [2.05, 4.69) is 15.3 Å². The number of nitrogens with zero attached hydrogens (tertiary/aromatic N) is 4. The van der Waals surface area contributed by atoms with Gasteiger partial charge in [-0.15, -0.1) is 0 Å². The van der Waals surface area contributed by atoms with Gasteiger partial charge in [0.05, 0.1) is 28.2 Å². The van der Waals surface area contributed by atoms with Crippen LogP contribution in [0.25, 0.3) is 10.9 Å². The number of nitrogens with one attached hydrogen (secondary N) is 2. The number of aromatic nitrogens is 3. The van der Waals surface area contributed by atoms with Crippen LogP contribution in [0.15, 0.2) is 34.0 Å². The molecule has 0 aliphatic rings. The van der Waals surface area contributed by atoms with E-state index in [-0.39, 0.29) is 22.2 Å². The van der Waals surface area contributed by atoms with Gasteiger partial charge in [0.25, 0.3) is 5.56 Å². The predicted octanol–water partition coefficient (Wildman–Crippen LogP) is 0.984. The van der Waals surface area contributed by atoms with E-state index in [9.17, 15) is 23.2 Å². The van der Waals surface area contributed by atoms with Crippen LogP contribution in [0.3, 0.4) is 0 Å². The van der Waals surface area contributed by atoms with Gasteiger partial charge in [-0.3, -0.25) is 19.1 Å². The first-order valence-corrected chi connectivity index (χ1v) is 8.47. The summed E-state index contributed by atoms with van der Waals surface area (Å²) in [5, 5.41) is 19.9. The summed E-state index contributed by atoms with van der Waals surface area (Å²) in [6.07, 6.45) is 1.14. The molecule has 150 valence electrons. The van der Waals surface area contributed by atoms with Crippen molar-refractivity contribution in [3.05, 3.63) is 73.7 Å². The average molecular weight is 410 g/mol. The number of pyridine rings is 1. The van der Waals surface area contributed by atoms with E-state index >= 15 is 0 Å². The summed E-state index contributed by atoms with van der Waals surface area (Å²) >= 11 is 0. The first-order valence-electron chi connectivity index (χ1n) is 8.47. The van der Waals surface area contributed by atoms with Gasteiger partial charge in [-0.25, -0.2) is 13.6 Å². The normalized spacial score (nSPS) is 11.5. The Morgan fingerprint density at radius 3 is 2.63 bits per heavy atom. The number of aromatic amines is 1. The van der Waals surface area contributed by atoms with E-state index in [1.807, 2.05) is 0 Å². The SMILES string of the molecule is C[C@H](NC(=O)Cn1c(=O)[nH]c2ccc(F)c(C#N)c2c1=O)c1ncc(C#N)cc1F. The zero-order chi connectivity index (χ0) is 22.0. The molecule has 0 aliphatic carbocycles. The van der Waals surface area contributed by atoms with Gasteiger partial charge >= 0.3 is 5.69 Å². The average Bonchev–Trinajstić information content (AvgIpc) is 2.71. The molecule has 0 aliphatic heterocycles.